The van der Waals surface area contributed by atoms with Crippen molar-refractivity contribution in [3.8, 4) is 0 Å². The van der Waals surface area contributed by atoms with Crippen molar-refractivity contribution in [3.63, 3.8) is 0 Å². The summed E-state index contributed by atoms with van der Waals surface area (Å²) in [6.45, 7) is 2.30. The Kier molecular flexibility index (Phi) is 1.80. The standard InChI is InChI=1S/C4H5BrFN3/c1-2-9-4(6)3(5)7-8-9/h2H2,1H3. The van der Waals surface area contributed by atoms with Crippen molar-refractivity contribution in [2.24, 2.45) is 0 Å². The maximum atomic E-state index is 12.6. The van der Waals surface area contributed by atoms with E-state index in [1.807, 2.05) is 0 Å². The molecule has 9 heavy (non-hydrogen) atoms. The van der Waals surface area contributed by atoms with Gasteiger partial charge in [-0.1, -0.05) is 5.21 Å². The Labute approximate surface area is 60.0 Å². The lowest BCUT2D eigenvalue weighted by atomic mass is 10.7. The van der Waals surface area contributed by atoms with E-state index in [2.05, 4.69) is 26.2 Å². The summed E-state index contributed by atoms with van der Waals surface area (Å²) in [6.07, 6.45) is 0. The van der Waals surface area contributed by atoms with Gasteiger partial charge in [0.05, 0.1) is 0 Å². The van der Waals surface area contributed by atoms with Crippen LogP contribution >= 0.6 is 15.9 Å². The molecule has 0 N–H and O–H groups in total. The van der Waals surface area contributed by atoms with Crippen molar-refractivity contribution in [2.75, 3.05) is 0 Å². The van der Waals surface area contributed by atoms with Crippen LogP contribution in [0, 0.1) is 5.95 Å². The summed E-state index contributed by atoms with van der Waals surface area (Å²) in [6, 6.07) is 0. The Morgan fingerprint density at radius 2 is 2.44 bits per heavy atom. The van der Waals surface area contributed by atoms with Crippen molar-refractivity contribution >= 4 is 15.9 Å². The van der Waals surface area contributed by atoms with Crippen LogP contribution in [-0.2, 0) is 6.54 Å². The first kappa shape index (κ1) is 6.67. The molecule has 50 valence electrons. The maximum absolute atomic E-state index is 12.6. The minimum absolute atomic E-state index is 0.171. The topological polar surface area (TPSA) is 30.7 Å². The van der Waals surface area contributed by atoms with E-state index in [1.165, 1.54) is 4.68 Å². The lowest BCUT2D eigenvalue weighted by Crippen LogP contribution is -1.99. The molecule has 1 rings (SSSR count). The summed E-state index contributed by atoms with van der Waals surface area (Å²) in [7, 11) is 0. The summed E-state index contributed by atoms with van der Waals surface area (Å²) in [5.74, 6) is -0.419. The van der Waals surface area contributed by atoms with Gasteiger partial charge in [-0.05, 0) is 22.9 Å². The minimum Gasteiger partial charge on any atom is -0.219 e. The Bertz CT molecular complexity index is 210. The third-order valence-corrected chi connectivity index (χ3v) is 1.42. The van der Waals surface area contributed by atoms with E-state index in [4.69, 9.17) is 0 Å². The number of rotatable bonds is 1. The van der Waals surface area contributed by atoms with E-state index >= 15 is 0 Å². The van der Waals surface area contributed by atoms with Gasteiger partial charge < -0.3 is 0 Å². The molecule has 0 fully saturated rings. The molecule has 3 nitrogen and oxygen atoms in total. The average molecular weight is 194 g/mol. The molecule has 5 heteroatoms. The molecule has 0 saturated heterocycles. The van der Waals surface area contributed by atoms with Crippen LogP contribution in [0.4, 0.5) is 4.39 Å². The van der Waals surface area contributed by atoms with Gasteiger partial charge in [-0.15, -0.1) is 5.10 Å². The van der Waals surface area contributed by atoms with E-state index in [1.54, 1.807) is 6.92 Å². The van der Waals surface area contributed by atoms with Crippen LogP contribution in [0.2, 0.25) is 0 Å². The Balaban J connectivity index is 3.04. The van der Waals surface area contributed by atoms with Crippen molar-refractivity contribution in [1.29, 1.82) is 0 Å². The summed E-state index contributed by atoms with van der Waals surface area (Å²) in [5, 5.41) is 6.92. The third-order valence-electron chi connectivity index (χ3n) is 0.937. The molecule has 0 atom stereocenters. The number of halogens is 2. The number of aromatic nitrogens is 3. The van der Waals surface area contributed by atoms with Crippen LogP contribution in [-0.4, -0.2) is 15.0 Å². The first-order valence-corrected chi connectivity index (χ1v) is 3.29. The van der Waals surface area contributed by atoms with Crippen LogP contribution in [0.1, 0.15) is 6.92 Å². The quantitative estimate of drug-likeness (QED) is 0.672. The largest absolute Gasteiger partial charge is 0.246 e. The number of nitrogens with zero attached hydrogens (tertiary/aromatic N) is 3. The second-order valence-electron chi connectivity index (χ2n) is 1.49. The SMILES string of the molecule is CCn1nnc(Br)c1F. The van der Waals surface area contributed by atoms with Gasteiger partial charge in [0.2, 0.25) is 5.95 Å². The molecule has 0 amide bonds. The van der Waals surface area contributed by atoms with Crippen molar-refractivity contribution in [2.45, 2.75) is 13.5 Å². The van der Waals surface area contributed by atoms with Crippen molar-refractivity contribution < 1.29 is 4.39 Å². The summed E-state index contributed by atoms with van der Waals surface area (Å²) in [5.41, 5.74) is 0. The molecule has 0 aliphatic heterocycles. The van der Waals surface area contributed by atoms with Crippen LogP contribution < -0.4 is 0 Å². The molecule has 0 spiro atoms. The lowest BCUT2D eigenvalue weighted by Gasteiger charge is -1.89. The number of hydrogen-bond donors (Lipinski definition) is 0. The van der Waals surface area contributed by atoms with E-state index in [0.29, 0.717) is 6.54 Å². The molecule has 0 unspecified atom stereocenters. The Morgan fingerprint density at radius 3 is 2.67 bits per heavy atom. The highest BCUT2D eigenvalue weighted by Gasteiger charge is 2.05. The van der Waals surface area contributed by atoms with Gasteiger partial charge >= 0.3 is 0 Å². The normalized spacial score (nSPS) is 10.1. The zero-order valence-corrected chi connectivity index (χ0v) is 6.39. The zero-order chi connectivity index (χ0) is 6.85. The van der Waals surface area contributed by atoms with Crippen molar-refractivity contribution in [1.82, 2.24) is 15.0 Å². The number of aryl methyl sites for hydroxylation is 1. The third kappa shape index (κ3) is 1.10. The molecular weight excluding hydrogens is 189 g/mol. The average Bonchev–Trinajstić information content (AvgIpc) is 2.15. The highest BCUT2D eigenvalue weighted by atomic mass is 79.9. The van der Waals surface area contributed by atoms with Crippen LogP contribution in [0.3, 0.4) is 0 Å². The van der Waals surface area contributed by atoms with E-state index in [-0.39, 0.29) is 4.60 Å². The minimum atomic E-state index is -0.419. The summed E-state index contributed by atoms with van der Waals surface area (Å²) in [4.78, 5) is 0. The van der Waals surface area contributed by atoms with Gasteiger partial charge in [-0.3, -0.25) is 0 Å². The fraction of sp³-hybridized carbons (Fsp3) is 0.500. The van der Waals surface area contributed by atoms with Gasteiger partial charge in [-0.25, -0.2) is 4.68 Å². The lowest BCUT2D eigenvalue weighted by molar-refractivity contribution is 0.464. The molecule has 1 aromatic heterocycles. The zero-order valence-electron chi connectivity index (χ0n) is 4.80. The van der Waals surface area contributed by atoms with Crippen LogP contribution in [0.5, 0.6) is 0 Å². The first-order chi connectivity index (χ1) is 4.25. The van der Waals surface area contributed by atoms with Gasteiger partial charge in [0.25, 0.3) is 0 Å². The van der Waals surface area contributed by atoms with Gasteiger partial charge in [-0.2, -0.15) is 4.39 Å². The van der Waals surface area contributed by atoms with E-state index in [0.717, 1.165) is 0 Å². The second kappa shape index (κ2) is 2.43. The van der Waals surface area contributed by atoms with Gasteiger partial charge in [0, 0.05) is 6.54 Å². The molecule has 0 radical (unpaired) electrons. The fourth-order valence-electron chi connectivity index (χ4n) is 0.482. The molecular formula is C4H5BrFN3. The summed E-state index contributed by atoms with van der Waals surface area (Å²) < 4.78 is 13.9. The highest BCUT2D eigenvalue weighted by Crippen LogP contribution is 2.08. The molecule has 0 aromatic carbocycles. The van der Waals surface area contributed by atoms with Crippen LogP contribution in [0.25, 0.3) is 0 Å². The molecule has 0 saturated carbocycles. The monoisotopic (exact) mass is 193 g/mol. The Hall–Kier alpha value is -0.450. The van der Waals surface area contributed by atoms with Gasteiger partial charge in [0.1, 0.15) is 0 Å². The molecule has 0 aliphatic rings. The summed E-state index contributed by atoms with van der Waals surface area (Å²) >= 11 is 2.89. The predicted molar refractivity (Wildman–Crippen MR) is 33.4 cm³/mol. The first-order valence-electron chi connectivity index (χ1n) is 2.50. The fourth-order valence-corrected chi connectivity index (χ4v) is 0.758. The molecule has 1 aromatic rings. The Morgan fingerprint density at radius 1 is 1.78 bits per heavy atom. The van der Waals surface area contributed by atoms with Crippen molar-refractivity contribution in [3.05, 3.63) is 10.6 Å². The second-order valence-corrected chi connectivity index (χ2v) is 2.24. The van der Waals surface area contributed by atoms with E-state index < -0.39 is 5.95 Å². The maximum Gasteiger partial charge on any atom is 0.246 e. The van der Waals surface area contributed by atoms with E-state index in [9.17, 15) is 4.39 Å². The van der Waals surface area contributed by atoms with Gasteiger partial charge in [0.15, 0.2) is 4.60 Å². The smallest absolute Gasteiger partial charge is 0.219 e. The van der Waals surface area contributed by atoms with Crippen LogP contribution in [0.15, 0.2) is 4.60 Å². The molecule has 0 bridgehead atoms. The molecule has 1 heterocycles. The predicted octanol–water partition coefficient (Wildman–Crippen LogP) is 1.20. The molecule has 0 aliphatic carbocycles. The highest BCUT2D eigenvalue weighted by molar-refractivity contribution is 9.10. The number of hydrogen-bond acceptors (Lipinski definition) is 2.